The quantitative estimate of drug-likeness (QED) is 0.294. The summed E-state index contributed by atoms with van der Waals surface area (Å²) in [4.78, 5) is 18.0. The number of azo groups is 1. The second-order valence-corrected chi connectivity index (χ2v) is 8.14. The molecule has 0 saturated carbocycles. The number of phenols is 1. The third-order valence-corrected chi connectivity index (χ3v) is 5.94. The smallest absolute Gasteiger partial charge is 0.301 e. The van der Waals surface area contributed by atoms with E-state index in [0.29, 0.717) is 16.5 Å². The van der Waals surface area contributed by atoms with Gasteiger partial charge in [0.2, 0.25) is 5.13 Å². The van der Waals surface area contributed by atoms with E-state index in [9.17, 15) is 9.90 Å². The number of methoxy groups -OCH3 is 1. The molecule has 5 aromatic rings. The number of phenolic OH excluding ortho intramolecular Hbond substituents is 1. The van der Waals surface area contributed by atoms with Crippen LogP contribution in [0.2, 0.25) is 0 Å². The zero-order valence-corrected chi connectivity index (χ0v) is 18.9. The van der Waals surface area contributed by atoms with Crippen molar-refractivity contribution in [3.8, 4) is 39.1 Å². The van der Waals surface area contributed by atoms with Gasteiger partial charge in [-0.25, -0.2) is 4.98 Å². The van der Waals surface area contributed by atoms with Crippen molar-refractivity contribution in [2.45, 2.75) is 0 Å². The standard InChI is InChI=1S/C25H19N5O3S/c1-33-20-13-7-16(8-14-20)21-15-34-25(26-21)30-24(32)23(22(29-30)17-5-3-2-4-6-17)28-27-18-9-11-19(31)12-10-18/h2-15,29,31H,1H3. The van der Waals surface area contributed by atoms with Crippen LogP contribution in [0.4, 0.5) is 11.4 Å². The monoisotopic (exact) mass is 469 g/mol. The van der Waals surface area contributed by atoms with Gasteiger partial charge in [-0.1, -0.05) is 30.3 Å². The van der Waals surface area contributed by atoms with E-state index in [1.165, 1.54) is 28.2 Å². The van der Waals surface area contributed by atoms with Crippen LogP contribution in [0.15, 0.2) is 99.3 Å². The van der Waals surface area contributed by atoms with E-state index in [2.05, 4.69) is 20.3 Å². The summed E-state index contributed by atoms with van der Waals surface area (Å²) in [7, 11) is 1.62. The Morgan fingerprint density at radius 2 is 1.68 bits per heavy atom. The van der Waals surface area contributed by atoms with Gasteiger partial charge in [0.1, 0.15) is 11.5 Å². The van der Waals surface area contributed by atoms with Crippen LogP contribution in [0.3, 0.4) is 0 Å². The van der Waals surface area contributed by atoms with Gasteiger partial charge in [-0.2, -0.15) is 9.80 Å². The van der Waals surface area contributed by atoms with Gasteiger partial charge < -0.3 is 9.84 Å². The van der Waals surface area contributed by atoms with Crippen LogP contribution in [0.5, 0.6) is 11.5 Å². The molecule has 5 rings (SSSR count). The van der Waals surface area contributed by atoms with Crippen molar-refractivity contribution in [2.75, 3.05) is 7.11 Å². The number of ether oxygens (including phenoxy) is 1. The molecule has 2 aromatic heterocycles. The summed E-state index contributed by atoms with van der Waals surface area (Å²) in [6, 6.07) is 23.3. The van der Waals surface area contributed by atoms with Crippen molar-refractivity contribution in [2.24, 2.45) is 10.2 Å². The van der Waals surface area contributed by atoms with E-state index in [4.69, 9.17) is 4.74 Å². The van der Waals surface area contributed by atoms with E-state index in [1.54, 1.807) is 19.2 Å². The normalized spacial score (nSPS) is 11.2. The predicted octanol–water partition coefficient (Wildman–Crippen LogP) is 6.09. The minimum Gasteiger partial charge on any atom is -0.508 e. The Balaban J connectivity index is 1.56. The summed E-state index contributed by atoms with van der Waals surface area (Å²) < 4.78 is 6.59. The van der Waals surface area contributed by atoms with Crippen molar-refractivity contribution in [3.05, 3.63) is 94.6 Å². The predicted molar refractivity (Wildman–Crippen MR) is 132 cm³/mol. The highest BCUT2D eigenvalue weighted by Crippen LogP contribution is 2.30. The molecule has 0 fully saturated rings. The Morgan fingerprint density at radius 3 is 2.38 bits per heavy atom. The van der Waals surface area contributed by atoms with Gasteiger partial charge in [-0.05, 0) is 48.5 Å². The van der Waals surface area contributed by atoms with E-state index in [0.717, 1.165) is 22.6 Å². The summed E-state index contributed by atoms with van der Waals surface area (Å²) >= 11 is 1.34. The van der Waals surface area contributed by atoms with E-state index in [-0.39, 0.29) is 17.0 Å². The molecule has 0 saturated heterocycles. The summed E-state index contributed by atoms with van der Waals surface area (Å²) in [6.45, 7) is 0. The average molecular weight is 470 g/mol. The Bertz CT molecular complexity index is 1500. The molecule has 0 bridgehead atoms. The average Bonchev–Trinajstić information content (AvgIpc) is 3.49. The lowest BCUT2D eigenvalue weighted by Crippen LogP contribution is -2.13. The van der Waals surface area contributed by atoms with Crippen molar-refractivity contribution in [1.82, 2.24) is 14.8 Å². The molecular formula is C25H19N5O3S. The van der Waals surface area contributed by atoms with Gasteiger partial charge in [0.05, 0.1) is 24.2 Å². The maximum absolute atomic E-state index is 13.4. The zero-order valence-electron chi connectivity index (χ0n) is 18.0. The first kappa shape index (κ1) is 21.4. The molecule has 0 radical (unpaired) electrons. The molecule has 34 heavy (non-hydrogen) atoms. The molecule has 0 aliphatic rings. The number of aromatic amines is 1. The molecule has 0 spiro atoms. The van der Waals surface area contributed by atoms with Gasteiger partial charge in [0.25, 0.3) is 0 Å². The first-order chi connectivity index (χ1) is 16.6. The van der Waals surface area contributed by atoms with Crippen LogP contribution in [0, 0.1) is 0 Å². The molecule has 2 N–H and O–H groups in total. The molecule has 8 nitrogen and oxygen atoms in total. The molecule has 3 aromatic carbocycles. The largest absolute Gasteiger partial charge is 0.508 e. The first-order valence-corrected chi connectivity index (χ1v) is 11.2. The van der Waals surface area contributed by atoms with Crippen LogP contribution in [0.25, 0.3) is 27.6 Å². The summed E-state index contributed by atoms with van der Waals surface area (Å²) in [6.07, 6.45) is 0. The number of aromatic nitrogens is 3. The van der Waals surface area contributed by atoms with Crippen molar-refractivity contribution >= 4 is 22.7 Å². The fourth-order valence-electron chi connectivity index (χ4n) is 3.35. The number of hydrogen-bond acceptors (Lipinski definition) is 7. The number of nitrogens with one attached hydrogen (secondary N) is 1. The van der Waals surface area contributed by atoms with Crippen molar-refractivity contribution in [3.63, 3.8) is 0 Å². The third kappa shape index (κ3) is 4.24. The second-order valence-electron chi connectivity index (χ2n) is 7.30. The fourth-order valence-corrected chi connectivity index (χ4v) is 4.14. The lowest BCUT2D eigenvalue weighted by atomic mass is 10.1. The van der Waals surface area contributed by atoms with Crippen molar-refractivity contribution < 1.29 is 9.84 Å². The maximum atomic E-state index is 13.4. The van der Waals surface area contributed by atoms with Crippen LogP contribution < -0.4 is 10.3 Å². The second kappa shape index (κ2) is 9.16. The van der Waals surface area contributed by atoms with Gasteiger partial charge in [0.15, 0.2) is 5.69 Å². The summed E-state index contributed by atoms with van der Waals surface area (Å²) in [5, 5.41) is 23.5. The zero-order chi connectivity index (χ0) is 23.5. The van der Waals surface area contributed by atoms with E-state index in [1.807, 2.05) is 60.0 Å². The van der Waals surface area contributed by atoms with Crippen LogP contribution in [-0.4, -0.2) is 27.0 Å². The molecule has 0 unspecified atom stereocenters. The SMILES string of the molecule is COc1ccc(-c2csc(-n3[nH]c(-c4ccccc4)c(N=Nc4ccc(O)cc4)c3=O)n2)cc1. The highest BCUT2D eigenvalue weighted by molar-refractivity contribution is 7.12. The van der Waals surface area contributed by atoms with E-state index >= 15 is 0 Å². The first-order valence-electron chi connectivity index (χ1n) is 10.3. The van der Waals surface area contributed by atoms with E-state index < -0.39 is 0 Å². The maximum Gasteiger partial charge on any atom is 0.301 e. The highest BCUT2D eigenvalue weighted by atomic mass is 32.1. The van der Waals surface area contributed by atoms with Crippen LogP contribution in [-0.2, 0) is 0 Å². The molecule has 0 aliphatic carbocycles. The minimum absolute atomic E-state index is 0.129. The molecular weight excluding hydrogens is 450 g/mol. The summed E-state index contributed by atoms with van der Waals surface area (Å²) in [5.41, 5.74) is 3.31. The lowest BCUT2D eigenvalue weighted by molar-refractivity contribution is 0.415. The molecule has 0 amide bonds. The van der Waals surface area contributed by atoms with Crippen molar-refractivity contribution in [1.29, 1.82) is 0 Å². The van der Waals surface area contributed by atoms with Gasteiger partial charge in [-0.3, -0.25) is 9.89 Å². The van der Waals surface area contributed by atoms with Crippen LogP contribution >= 0.6 is 11.3 Å². The van der Waals surface area contributed by atoms with Gasteiger partial charge in [0, 0.05) is 16.5 Å². The molecule has 0 aliphatic heterocycles. The Morgan fingerprint density at radius 1 is 0.941 bits per heavy atom. The number of rotatable bonds is 6. The third-order valence-electron chi connectivity index (χ3n) is 5.11. The highest BCUT2D eigenvalue weighted by Gasteiger charge is 2.19. The number of hydrogen-bond donors (Lipinski definition) is 2. The number of thiazole rings is 1. The summed E-state index contributed by atoms with van der Waals surface area (Å²) in [5.74, 6) is 0.889. The Labute approximate surface area is 198 Å². The lowest BCUT2D eigenvalue weighted by Gasteiger charge is -2.00. The molecule has 168 valence electrons. The van der Waals surface area contributed by atoms with Gasteiger partial charge in [-0.15, -0.1) is 16.5 Å². The van der Waals surface area contributed by atoms with Gasteiger partial charge >= 0.3 is 5.56 Å². The topological polar surface area (TPSA) is 105 Å². The minimum atomic E-state index is -0.364. The number of benzene rings is 3. The Kier molecular flexibility index (Phi) is 5.75. The van der Waals surface area contributed by atoms with Crippen LogP contribution in [0.1, 0.15) is 0 Å². The molecule has 9 heteroatoms. The number of aromatic hydroxyl groups is 1. The number of nitrogens with zero attached hydrogens (tertiary/aromatic N) is 4. The number of H-pyrrole nitrogens is 1. The Hall–Kier alpha value is -4.50. The molecule has 0 atom stereocenters. The molecule has 2 heterocycles. The fraction of sp³-hybridized carbons (Fsp3) is 0.0400.